The lowest BCUT2D eigenvalue weighted by atomic mass is 9.49. The number of aldehydes is 1. The summed E-state index contributed by atoms with van der Waals surface area (Å²) in [5.41, 5.74) is 2.58. The van der Waals surface area contributed by atoms with E-state index in [1.54, 1.807) is 0 Å². The summed E-state index contributed by atoms with van der Waals surface area (Å²) in [5.74, 6) is 0.128. The van der Waals surface area contributed by atoms with Crippen molar-refractivity contribution in [3.63, 3.8) is 0 Å². The molecule has 1 aliphatic heterocycles. The molecular formula is C35H48O5S. The Kier molecular flexibility index (Phi) is 6.56. The zero-order valence-corrected chi connectivity index (χ0v) is 26.0. The fourth-order valence-corrected chi connectivity index (χ4v) is 10.6. The molecule has 5 aliphatic carbocycles. The van der Waals surface area contributed by atoms with Gasteiger partial charge in [0.05, 0.1) is 24.4 Å². The molecule has 4 unspecified atom stereocenters. The van der Waals surface area contributed by atoms with Gasteiger partial charge in [0, 0.05) is 39.9 Å². The Morgan fingerprint density at radius 3 is 2.32 bits per heavy atom. The molecule has 1 spiro atoms. The van der Waals surface area contributed by atoms with E-state index in [4.69, 9.17) is 22.1 Å². The number of hydrogen-bond acceptors (Lipinski definition) is 6. The highest BCUT2D eigenvalue weighted by atomic mass is 32.1. The first kappa shape index (κ1) is 28.6. The summed E-state index contributed by atoms with van der Waals surface area (Å²) < 4.78 is 12.8. The third-order valence-electron chi connectivity index (χ3n) is 12.6. The van der Waals surface area contributed by atoms with Crippen molar-refractivity contribution in [3.8, 4) is 0 Å². The zero-order chi connectivity index (χ0) is 28.9. The fourth-order valence-electron chi connectivity index (χ4n) is 10.0. The second-order valence-electron chi connectivity index (χ2n) is 15.8. The maximum atomic E-state index is 12.5. The molecule has 0 aromatic heterocycles. The lowest BCUT2D eigenvalue weighted by molar-refractivity contribution is -0.322. The lowest BCUT2D eigenvalue weighted by Crippen LogP contribution is -2.59. The van der Waals surface area contributed by atoms with E-state index in [2.05, 4.69) is 32.9 Å². The van der Waals surface area contributed by atoms with Gasteiger partial charge in [0.1, 0.15) is 6.29 Å². The smallest absolute Gasteiger partial charge is 0.171 e. The molecule has 5 fully saturated rings. The summed E-state index contributed by atoms with van der Waals surface area (Å²) in [4.78, 5) is 11.5. The Bertz CT molecular complexity index is 1240. The maximum Gasteiger partial charge on any atom is 0.171 e. The number of allylic oxidation sites excluding steroid dienone is 1. The van der Waals surface area contributed by atoms with E-state index >= 15 is 0 Å². The van der Waals surface area contributed by atoms with Crippen LogP contribution in [0.3, 0.4) is 0 Å². The van der Waals surface area contributed by atoms with E-state index in [9.17, 15) is 15.0 Å². The summed E-state index contributed by atoms with van der Waals surface area (Å²) in [7, 11) is 0. The molecule has 1 aromatic carbocycles. The third-order valence-corrected chi connectivity index (χ3v) is 13.2. The Morgan fingerprint density at radius 1 is 0.976 bits per heavy atom. The molecule has 6 aliphatic rings. The molecule has 7 rings (SSSR count). The summed E-state index contributed by atoms with van der Waals surface area (Å²) in [6, 6.07) is 8.06. The Morgan fingerprint density at radius 2 is 1.68 bits per heavy atom. The number of carbonyl (C=O) groups excluding carboxylic acids is 1. The van der Waals surface area contributed by atoms with Crippen molar-refractivity contribution < 1.29 is 24.5 Å². The minimum atomic E-state index is -0.934. The van der Waals surface area contributed by atoms with E-state index < -0.39 is 17.0 Å². The van der Waals surface area contributed by atoms with Crippen molar-refractivity contribution in [3.05, 3.63) is 46.5 Å². The minimum Gasteiger partial charge on any atom is -0.389 e. The monoisotopic (exact) mass is 580 g/mol. The highest BCUT2D eigenvalue weighted by molar-refractivity contribution is 7.81. The summed E-state index contributed by atoms with van der Waals surface area (Å²) in [5, 5.41) is 24.9. The van der Waals surface area contributed by atoms with Crippen LogP contribution in [-0.2, 0) is 9.47 Å². The van der Waals surface area contributed by atoms with Gasteiger partial charge >= 0.3 is 0 Å². The van der Waals surface area contributed by atoms with Gasteiger partial charge in [-0.25, -0.2) is 0 Å². The molecular weight excluding hydrogens is 532 g/mol. The normalized spacial score (nSPS) is 42.1. The van der Waals surface area contributed by atoms with Crippen LogP contribution in [-0.4, -0.2) is 51.4 Å². The summed E-state index contributed by atoms with van der Waals surface area (Å²) >= 11 is 5.07. The van der Waals surface area contributed by atoms with Crippen LogP contribution in [0.5, 0.6) is 0 Å². The van der Waals surface area contributed by atoms with Gasteiger partial charge in [-0.15, -0.1) is 0 Å². The number of fused-ring (bicyclic) bond motifs is 4. The quantitative estimate of drug-likeness (QED) is 0.208. The maximum absolute atomic E-state index is 12.5. The predicted octanol–water partition coefficient (Wildman–Crippen LogP) is 6.77. The van der Waals surface area contributed by atoms with Gasteiger partial charge in [-0.1, -0.05) is 57.0 Å². The number of aliphatic hydroxyl groups is 2. The van der Waals surface area contributed by atoms with Crippen LogP contribution in [0.2, 0.25) is 0 Å². The van der Waals surface area contributed by atoms with Crippen molar-refractivity contribution in [1.29, 1.82) is 0 Å². The molecule has 0 amide bonds. The molecule has 41 heavy (non-hydrogen) atoms. The van der Waals surface area contributed by atoms with E-state index in [1.807, 2.05) is 12.1 Å². The molecule has 4 saturated carbocycles. The Hall–Kier alpha value is -1.18. The van der Waals surface area contributed by atoms with Crippen molar-refractivity contribution in [1.82, 2.24) is 0 Å². The second kappa shape index (κ2) is 9.41. The van der Waals surface area contributed by atoms with Crippen molar-refractivity contribution in [2.75, 3.05) is 13.2 Å². The van der Waals surface area contributed by atoms with Crippen LogP contribution >= 0.6 is 12.6 Å². The van der Waals surface area contributed by atoms with E-state index in [-0.39, 0.29) is 21.5 Å². The first-order chi connectivity index (χ1) is 19.3. The SMILES string of the molecule is CC1(C)COC2(CCC3=C4C(c5ccc(C=O)cc5)C[C@@]5(C)C(CCC5(O)CC5(S)CCC5)C4CC[C@@]3(O)C2)OC1. The van der Waals surface area contributed by atoms with Gasteiger partial charge < -0.3 is 19.7 Å². The average molecular weight is 581 g/mol. The number of benzene rings is 1. The predicted molar refractivity (Wildman–Crippen MR) is 162 cm³/mol. The molecule has 224 valence electrons. The van der Waals surface area contributed by atoms with Crippen LogP contribution in [0.25, 0.3) is 0 Å². The van der Waals surface area contributed by atoms with Gasteiger partial charge in [-0.3, -0.25) is 4.79 Å². The largest absolute Gasteiger partial charge is 0.389 e. The minimum absolute atomic E-state index is 0.0127. The Labute approximate surface area is 250 Å². The molecule has 2 N–H and O–H groups in total. The summed E-state index contributed by atoms with van der Waals surface area (Å²) in [6.07, 6.45) is 11.4. The van der Waals surface area contributed by atoms with Crippen molar-refractivity contribution in [2.45, 2.75) is 125 Å². The van der Waals surface area contributed by atoms with E-state index in [0.29, 0.717) is 43.5 Å². The number of rotatable bonds is 4. The molecule has 6 heteroatoms. The first-order valence-electron chi connectivity index (χ1n) is 16.1. The molecule has 1 aromatic rings. The fraction of sp³-hybridized carbons (Fsp3) is 0.743. The van der Waals surface area contributed by atoms with Gasteiger partial charge in [-0.05, 0) is 80.8 Å². The molecule has 1 heterocycles. The molecule has 0 radical (unpaired) electrons. The van der Waals surface area contributed by atoms with Crippen LogP contribution in [0.1, 0.15) is 120 Å². The molecule has 1 saturated heterocycles. The van der Waals surface area contributed by atoms with Crippen molar-refractivity contribution >= 4 is 18.9 Å². The molecule has 5 nitrogen and oxygen atoms in total. The zero-order valence-electron chi connectivity index (χ0n) is 25.1. The number of hydrogen-bond donors (Lipinski definition) is 3. The van der Waals surface area contributed by atoms with Gasteiger partial charge in [-0.2, -0.15) is 12.6 Å². The van der Waals surface area contributed by atoms with E-state index in [0.717, 1.165) is 64.1 Å². The topological polar surface area (TPSA) is 76.0 Å². The van der Waals surface area contributed by atoms with Crippen LogP contribution in [0, 0.1) is 22.7 Å². The first-order valence-corrected chi connectivity index (χ1v) is 16.5. The highest BCUT2D eigenvalue weighted by Crippen LogP contribution is 2.69. The second-order valence-corrected chi connectivity index (χ2v) is 16.8. The van der Waals surface area contributed by atoms with Crippen LogP contribution in [0.15, 0.2) is 35.4 Å². The summed E-state index contributed by atoms with van der Waals surface area (Å²) in [6.45, 7) is 7.98. The van der Waals surface area contributed by atoms with Gasteiger partial charge in [0.2, 0.25) is 0 Å². The lowest BCUT2D eigenvalue weighted by Gasteiger charge is -2.59. The highest BCUT2D eigenvalue weighted by Gasteiger charge is 2.66. The van der Waals surface area contributed by atoms with Gasteiger partial charge in [0.25, 0.3) is 0 Å². The van der Waals surface area contributed by atoms with E-state index in [1.165, 1.54) is 23.1 Å². The van der Waals surface area contributed by atoms with Crippen LogP contribution in [0.4, 0.5) is 0 Å². The standard InChI is InChI=1S/C35H48O5S/c1-30(2)21-39-35(40-22-30)16-11-28-29-25(9-14-33(28,37)20-35)27-10-15-34(38,19-32(41)12-4-13-32)31(27,3)17-26(29)24-7-5-23(18-36)6-8-24/h5-8,18,25-27,37-38,41H,4,9-17,19-22H2,1-3H3/t25?,26?,27?,31-,33+,34?/m0/s1. The Balaban J connectivity index is 1.29. The van der Waals surface area contributed by atoms with Crippen LogP contribution < -0.4 is 0 Å². The third kappa shape index (κ3) is 4.44. The number of carbonyl (C=O) groups is 1. The number of ether oxygens (including phenoxy) is 2. The molecule has 6 atom stereocenters. The molecule has 0 bridgehead atoms. The van der Waals surface area contributed by atoms with Crippen molar-refractivity contribution in [2.24, 2.45) is 22.7 Å². The average Bonchev–Trinajstić information content (AvgIpc) is 3.18. The number of thiol groups is 1. The van der Waals surface area contributed by atoms with Gasteiger partial charge in [0.15, 0.2) is 5.79 Å².